The summed E-state index contributed by atoms with van der Waals surface area (Å²) in [5.74, 6) is -0.141. The number of ether oxygens (including phenoxy) is 2. The van der Waals surface area contributed by atoms with Crippen LogP contribution >= 0.6 is 23.5 Å². The molecule has 0 bridgehead atoms. The molecule has 3 aromatic rings. The van der Waals surface area contributed by atoms with Gasteiger partial charge in [-0.05, 0) is 61.6 Å². The van der Waals surface area contributed by atoms with Gasteiger partial charge < -0.3 is 34.2 Å². The number of amides is 4. The first-order chi connectivity index (χ1) is 20.2. The number of furan rings is 1. The SMILES string of the molecule is CC(C)N1C(=O)SC(=Cc2ccc(Sc3nc4ccccc4n3CC(=O)NCCOCCOCCNC(=O)O)o2)C1=O. The molecule has 1 aliphatic rings. The molecule has 0 aliphatic carbocycles. The third kappa shape index (κ3) is 8.38. The lowest BCUT2D eigenvalue weighted by molar-refractivity contribution is -0.124. The van der Waals surface area contributed by atoms with Crippen molar-refractivity contribution in [3.05, 3.63) is 47.1 Å². The minimum atomic E-state index is -1.10. The van der Waals surface area contributed by atoms with Gasteiger partial charge in [0.1, 0.15) is 12.3 Å². The van der Waals surface area contributed by atoms with Crippen LogP contribution in [0.5, 0.6) is 0 Å². The summed E-state index contributed by atoms with van der Waals surface area (Å²) in [6.07, 6.45) is 0.456. The van der Waals surface area contributed by atoms with Gasteiger partial charge in [-0.25, -0.2) is 9.78 Å². The molecule has 0 radical (unpaired) electrons. The Hall–Kier alpha value is -3.79. The number of para-hydroxylation sites is 2. The molecule has 2 aromatic heterocycles. The number of carbonyl (C=O) groups is 4. The van der Waals surface area contributed by atoms with Crippen molar-refractivity contribution in [3.63, 3.8) is 0 Å². The minimum Gasteiger partial charge on any atom is -0.465 e. The van der Waals surface area contributed by atoms with Crippen LogP contribution in [0.1, 0.15) is 19.6 Å². The number of carbonyl (C=O) groups excluding carboxylic acids is 3. The molecule has 224 valence electrons. The first-order valence-corrected chi connectivity index (χ1v) is 14.7. The summed E-state index contributed by atoms with van der Waals surface area (Å²) < 4.78 is 18.4. The number of fused-ring (bicyclic) bond motifs is 1. The van der Waals surface area contributed by atoms with Gasteiger partial charge in [-0.1, -0.05) is 12.1 Å². The van der Waals surface area contributed by atoms with Crippen molar-refractivity contribution in [2.24, 2.45) is 0 Å². The van der Waals surface area contributed by atoms with Crippen LogP contribution in [-0.2, 0) is 25.6 Å². The van der Waals surface area contributed by atoms with E-state index in [1.807, 2.05) is 24.3 Å². The Morgan fingerprint density at radius 3 is 2.48 bits per heavy atom. The van der Waals surface area contributed by atoms with Crippen LogP contribution in [0.15, 0.2) is 56.0 Å². The summed E-state index contributed by atoms with van der Waals surface area (Å²) in [6, 6.07) is 10.7. The van der Waals surface area contributed by atoms with Crippen LogP contribution < -0.4 is 10.6 Å². The Bertz CT molecular complexity index is 1470. The number of benzene rings is 1. The number of hydrogen-bond donors (Lipinski definition) is 3. The summed E-state index contributed by atoms with van der Waals surface area (Å²) in [7, 11) is 0. The number of rotatable bonds is 15. The molecule has 1 aromatic carbocycles. The highest BCUT2D eigenvalue weighted by Gasteiger charge is 2.36. The number of thioether (sulfide) groups is 1. The average molecular weight is 618 g/mol. The molecular weight excluding hydrogens is 586 g/mol. The van der Waals surface area contributed by atoms with Gasteiger partial charge in [0.15, 0.2) is 10.2 Å². The summed E-state index contributed by atoms with van der Waals surface area (Å²) in [5, 5.41) is 14.3. The maximum atomic E-state index is 12.7. The van der Waals surface area contributed by atoms with Gasteiger partial charge in [0.05, 0.1) is 42.4 Å². The highest BCUT2D eigenvalue weighted by Crippen LogP contribution is 2.36. The van der Waals surface area contributed by atoms with Crippen molar-refractivity contribution in [1.29, 1.82) is 0 Å². The van der Waals surface area contributed by atoms with Crippen LogP contribution in [0.4, 0.5) is 9.59 Å². The van der Waals surface area contributed by atoms with Crippen molar-refractivity contribution >= 4 is 63.8 Å². The van der Waals surface area contributed by atoms with Crippen molar-refractivity contribution in [2.75, 3.05) is 39.5 Å². The van der Waals surface area contributed by atoms with E-state index < -0.39 is 6.09 Å². The summed E-state index contributed by atoms with van der Waals surface area (Å²) in [5.41, 5.74) is 1.51. The molecule has 42 heavy (non-hydrogen) atoms. The fourth-order valence-corrected chi connectivity index (χ4v) is 5.72. The largest absolute Gasteiger partial charge is 0.465 e. The molecule has 13 nitrogen and oxygen atoms in total. The average Bonchev–Trinajstić information content (AvgIpc) is 3.60. The van der Waals surface area contributed by atoms with Crippen molar-refractivity contribution < 1.29 is 38.2 Å². The Labute approximate surface area is 250 Å². The third-order valence-electron chi connectivity index (χ3n) is 5.79. The zero-order chi connectivity index (χ0) is 30.1. The first-order valence-electron chi connectivity index (χ1n) is 13.1. The maximum Gasteiger partial charge on any atom is 0.404 e. The number of aromatic nitrogens is 2. The number of imidazole rings is 1. The molecular formula is C27H31N5O8S2. The van der Waals surface area contributed by atoms with E-state index in [1.165, 1.54) is 16.7 Å². The van der Waals surface area contributed by atoms with E-state index >= 15 is 0 Å². The fraction of sp³-hybridized carbons (Fsp3) is 0.370. The smallest absolute Gasteiger partial charge is 0.404 e. The number of hydrogen-bond acceptors (Lipinski definition) is 10. The van der Waals surface area contributed by atoms with Gasteiger partial charge >= 0.3 is 6.09 Å². The van der Waals surface area contributed by atoms with Crippen LogP contribution in [0.2, 0.25) is 0 Å². The molecule has 0 atom stereocenters. The van der Waals surface area contributed by atoms with E-state index in [-0.39, 0.29) is 42.8 Å². The predicted octanol–water partition coefficient (Wildman–Crippen LogP) is 3.64. The van der Waals surface area contributed by atoms with Gasteiger partial charge in [-0.2, -0.15) is 0 Å². The van der Waals surface area contributed by atoms with Crippen LogP contribution in [-0.4, -0.2) is 88.3 Å². The summed E-state index contributed by atoms with van der Waals surface area (Å²) in [4.78, 5) is 54.1. The normalized spacial score (nSPS) is 14.5. The highest BCUT2D eigenvalue weighted by molar-refractivity contribution is 8.18. The van der Waals surface area contributed by atoms with E-state index in [4.69, 9.17) is 19.0 Å². The zero-order valence-electron chi connectivity index (χ0n) is 23.0. The highest BCUT2D eigenvalue weighted by atomic mass is 32.2. The molecule has 1 saturated heterocycles. The van der Waals surface area contributed by atoms with E-state index in [9.17, 15) is 19.2 Å². The van der Waals surface area contributed by atoms with E-state index in [1.54, 1.807) is 36.6 Å². The van der Waals surface area contributed by atoms with E-state index in [0.29, 0.717) is 47.3 Å². The van der Waals surface area contributed by atoms with Crippen molar-refractivity contribution in [1.82, 2.24) is 25.1 Å². The van der Waals surface area contributed by atoms with Gasteiger partial charge in [0.25, 0.3) is 11.1 Å². The second-order valence-corrected chi connectivity index (χ2v) is 11.1. The van der Waals surface area contributed by atoms with Crippen LogP contribution in [0.25, 0.3) is 17.1 Å². The second kappa shape index (κ2) is 14.9. The van der Waals surface area contributed by atoms with Crippen LogP contribution in [0, 0.1) is 0 Å². The van der Waals surface area contributed by atoms with Crippen molar-refractivity contribution in [2.45, 2.75) is 36.7 Å². The fourth-order valence-electron chi connectivity index (χ4n) is 3.91. The lowest BCUT2D eigenvalue weighted by Crippen LogP contribution is -2.34. The van der Waals surface area contributed by atoms with Gasteiger partial charge in [0, 0.05) is 25.2 Å². The van der Waals surface area contributed by atoms with E-state index in [2.05, 4.69) is 15.6 Å². The second-order valence-electron chi connectivity index (χ2n) is 9.18. The third-order valence-corrected chi connectivity index (χ3v) is 7.59. The lowest BCUT2D eigenvalue weighted by Gasteiger charge is -2.16. The zero-order valence-corrected chi connectivity index (χ0v) is 24.7. The molecule has 3 heterocycles. The Morgan fingerprint density at radius 2 is 1.79 bits per heavy atom. The van der Waals surface area contributed by atoms with Crippen molar-refractivity contribution in [3.8, 4) is 0 Å². The van der Waals surface area contributed by atoms with Crippen LogP contribution in [0.3, 0.4) is 0 Å². The molecule has 0 saturated carbocycles. The minimum absolute atomic E-state index is 0.0262. The Kier molecular flexibility index (Phi) is 11.1. The van der Waals surface area contributed by atoms with Gasteiger partial charge in [0.2, 0.25) is 5.91 Å². The molecule has 0 spiro atoms. The number of imide groups is 1. The number of nitrogens with one attached hydrogen (secondary N) is 2. The summed E-state index contributed by atoms with van der Waals surface area (Å²) in [6.45, 7) is 5.27. The molecule has 4 amide bonds. The topological polar surface area (TPSA) is 165 Å². The van der Waals surface area contributed by atoms with Gasteiger partial charge in [-0.3, -0.25) is 19.3 Å². The molecule has 15 heteroatoms. The Balaban J connectivity index is 1.31. The standard InChI is InChI=1S/C27H31N5O8S2/c1-17(2)32-24(34)21(41-27(32)37)15-18-7-8-23(40-18)42-25-30-19-5-3-4-6-20(19)31(25)16-22(33)28-9-11-38-13-14-39-12-10-29-26(35)36/h3-8,15,17,29H,9-14,16H2,1-2H3,(H,28,33)(H,35,36). The molecule has 0 unspecified atom stereocenters. The molecule has 1 fully saturated rings. The summed E-state index contributed by atoms with van der Waals surface area (Å²) >= 11 is 2.12. The number of nitrogens with zero attached hydrogens (tertiary/aromatic N) is 3. The quantitative estimate of drug-likeness (QED) is 0.168. The van der Waals surface area contributed by atoms with Gasteiger partial charge in [-0.15, -0.1) is 0 Å². The molecule has 3 N–H and O–H groups in total. The monoisotopic (exact) mass is 617 g/mol. The first kappa shape index (κ1) is 31.2. The predicted molar refractivity (Wildman–Crippen MR) is 156 cm³/mol. The van der Waals surface area contributed by atoms with E-state index in [0.717, 1.165) is 22.8 Å². The Morgan fingerprint density at radius 1 is 1.07 bits per heavy atom. The maximum absolute atomic E-state index is 12.7. The molecule has 1 aliphatic heterocycles. The lowest BCUT2D eigenvalue weighted by atomic mass is 10.3. The molecule has 4 rings (SSSR count). The number of carboxylic acid groups (broad SMARTS) is 1.